The molecule has 0 atom stereocenters. The molecule has 0 aliphatic carbocycles. The highest BCUT2D eigenvalue weighted by Gasteiger charge is 2.14. The van der Waals surface area contributed by atoms with Gasteiger partial charge in [-0.25, -0.2) is 9.78 Å². The number of nitrogens with zero attached hydrogens (tertiary/aromatic N) is 1. The number of aromatic nitrogens is 1. The van der Waals surface area contributed by atoms with Gasteiger partial charge in [0.05, 0.1) is 5.01 Å². The second-order valence-electron chi connectivity index (χ2n) is 1.87. The molecular weight excluding hydrogens is 166 g/mol. The van der Waals surface area contributed by atoms with Crippen LogP contribution in [0.3, 0.4) is 0 Å². The summed E-state index contributed by atoms with van der Waals surface area (Å²) >= 11 is 1.08. The van der Waals surface area contributed by atoms with Crippen LogP contribution in [0.4, 0.5) is 0 Å². The Morgan fingerprint density at radius 2 is 2.36 bits per heavy atom. The van der Waals surface area contributed by atoms with Gasteiger partial charge in [-0.15, -0.1) is 11.3 Å². The summed E-state index contributed by atoms with van der Waals surface area (Å²) in [5.74, 6) is -1.16. The first kappa shape index (κ1) is 7.87. The fourth-order valence-corrected chi connectivity index (χ4v) is 1.41. The van der Waals surface area contributed by atoms with Crippen LogP contribution >= 0.6 is 11.3 Å². The lowest BCUT2D eigenvalue weighted by atomic mass is 10.4. The molecule has 5 heteroatoms. The van der Waals surface area contributed by atoms with Gasteiger partial charge in [0.25, 0.3) is 0 Å². The molecule has 1 aromatic rings. The van der Waals surface area contributed by atoms with Crippen LogP contribution in [-0.4, -0.2) is 22.3 Å². The summed E-state index contributed by atoms with van der Waals surface area (Å²) in [6.07, 6.45) is 0.508. The van der Waals surface area contributed by atoms with E-state index in [9.17, 15) is 9.59 Å². The van der Waals surface area contributed by atoms with Crippen LogP contribution in [0.25, 0.3) is 0 Å². The second kappa shape index (κ2) is 2.79. The average Bonchev–Trinajstić information content (AvgIpc) is 2.30. The second-order valence-corrected chi connectivity index (χ2v) is 3.10. The van der Waals surface area contributed by atoms with Crippen LogP contribution in [0.1, 0.15) is 25.2 Å². The highest BCUT2D eigenvalue weighted by Crippen LogP contribution is 2.15. The summed E-state index contributed by atoms with van der Waals surface area (Å²) in [5.41, 5.74) is -0.150. The monoisotopic (exact) mass is 171 g/mol. The van der Waals surface area contributed by atoms with Crippen molar-refractivity contribution in [3.8, 4) is 0 Å². The largest absolute Gasteiger partial charge is 0.476 e. The van der Waals surface area contributed by atoms with Crippen LogP contribution < -0.4 is 0 Å². The van der Waals surface area contributed by atoms with Crippen molar-refractivity contribution in [2.24, 2.45) is 0 Å². The number of carbonyl (C=O) groups is 2. The maximum Gasteiger partial charge on any atom is 0.356 e. The minimum Gasteiger partial charge on any atom is -0.476 e. The van der Waals surface area contributed by atoms with E-state index in [1.807, 2.05) is 0 Å². The summed E-state index contributed by atoms with van der Waals surface area (Å²) in [6.45, 7) is 1.66. The van der Waals surface area contributed by atoms with Crippen molar-refractivity contribution in [1.29, 1.82) is 0 Å². The number of rotatable bonds is 2. The first-order valence-corrected chi connectivity index (χ1v) is 3.62. The van der Waals surface area contributed by atoms with E-state index in [2.05, 4.69) is 4.98 Å². The molecule has 0 unspecified atom stereocenters. The molecule has 0 amide bonds. The van der Waals surface area contributed by atoms with E-state index in [1.165, 1.54) is 0 Å². The van der Waals surface area contributed by atoms with Gasteiger partial charge in [-0.2, -0.15) is 0 Å². The van der Waals surface area contributed by atoms with Gasteiger partial charge < -0.3 is 5.11 Å². The maximum atomic E-state index is 10.4. The maximum absolute atomic E-state index is 10.4. The number of aryl methyl sites for hydroxylation is 1. The van der Waals surface area contributed by atoms with Crippen molar-refractivity contribution < 1.29 is 14.7 Å². The number of carboxylic acid groups (broad SMARTS) is 1. The molecule has 0 aliphatic rings. The number of thiazole rings is 1. The van der Waals surface area contributed by atoms with Crippen LogP contribution in [0.2, 0.25) is 0 Å². The van der Waals surface area contributed by atoms with Crippen LogP contribution in [0.5, 0.6) is 0 Å². The predicted octanol–water partition coefficient (Wildman–Crippen LogP) is 0.962. The zero-order valence-corrected chi connectivity index (χ0v) is 6.51. The lowest BCUT2D eigenvalue weighted by Crippen LogP contribution is -1.99. The third kappa shape index (κ3) is 1.43. The zero-order valence-electron chi connectivity index (χ0n) is 5.70. The van der Waals surface area contributed by atoms with Crippen molar-refractivity contribution in [3.05, 3.63) is 15.6 Å². The number of hydrogen-bond acceptors (Lipinski definition) is 4. The van der Waals surface area contributed by atoms with E-state index in [0.29, 0.717) is 11.3 Å². The van der Waals surface area contributed by atoms with E-state index in [1.54, 1.807) is 6.92 Å². The Kier molecular flexibility index (Phi) is 2.00. The van der Waals surface area contributed by atoms with Gasteiger partial charge in [0, 0.05) is 0 Å². The summed E-state index contributed by atoms with van der Waals surface area (Å²) in [7, 11) is 0. The highest BCUT2D eigenvalue weighted by molar-refractivity contribution is 7.13. The molecule has 0 bridgehead atoms. The third-order valence-corrected chi connectivity index (χ3v) is 1.97. The summed E-state index contributed by atoms with van der Waals surface area (Å²) in [5, 5.41) is 9.08. The topological polar surface area (TPSA) is 67.3 Å². The molecule has 0 saturated heterocycles. The molecule has 11 heavy (non-hydrogen) atoms. The molecule has 0 radical (unpaired) electrons. The molecule has 0 aromatic carbocycles. The first-order chi connectivity index (χ1) is 5.15. The SMILES string of the molecule is Cc1nc(C(=O)O)c(C=O)s1. The lowest BCUT2D eigenvalue weighted by molar-refractivity contribution is 0.0688. The number of aldehydes is 1. The lowest BCUT2D eigenvalue weighted by Gasteiger charge is -1.84. The normalized spacial score (nSPS) is 9.55. The van der Waals surface area contributed by atoms with Gasteiger partial charge in [0.1, 0.15) is 4.88 Å². The van der Waals surface area contributed by atoms with Crippen molar-refractivity contribution in [2.75, 3.05) is 0 Å². The van der Waals surface area contributed by atoms with Crippen molar-refractivity contribution in [1.82, 2.24) is 4.98 Å². The predicted molar refractivity (Wildman–Crippen MR) is 39.2 cm³/mol. The Morgan fingerprint density at radius 1 is 1.73 bits per heavy atom. The van der Waals surface area contributed by atoms with E-state index >= 15 is 0 Å². The average molecular weight is 171 g/mol. The van der Waals surface area contributed by atoms with Gasteiger partial charge in [-0.05, 0) is 6.92 Å². The van der Waals surface area contributed by atoms with E-state index < -0.39 is 5.97 Å². The van der Waals surface area contributed by atoms with Crippen LogP contribution in [-0.2, 0) is 0 Å². The smallest absolute Gasteiger partial charge is 0.356 e. The highest BCUT2D eigenvalue weighted by atomic mass is 32.1. The van der Waals surface area contributed by atoms with Crippen molar-refractivity contribution in [2.45, 2.75) is 6.92 Å². The molecule has 1 N–H and O–H groups in total. The van der Waals surface area contributed by atoms with Crippen molar-refractivity contribution >= 4 is 23.6 Å². The number of carboxylic acids is 1. The van der Waals surface area contributed by atoms with Crippen LogP contribution in [0, 0.1) is 6.92 Å². The Balaban J connectivity index is 3.22. The van der Waals surface area contributed by atoms with Gasteiger partial charge in [0.15, 0.2) is 12.0 Å². The number of hydrogen-bond donors (Lipinski definition) is 1. The fraction of sp³-hybridized carbons (Fsp3) is 0.167. The van der Waals surface area contributed by atoms with Crippen molar-refractivity contribution in [3.63, 3.8) is 0 Å². The fourth-order valence-electron chi connectivity index (χ4n) is 0.676. The number of carbonyl (C=O) groups excluding carboxylic acids is 1. The Labute approximate surface area is 66.5 Å². The molecule has 1 heterocycles. The summed E-state index contributed by atoms with van der Waals surface area (Å²) in [6, 6.07) is 0. The van der Waals surface area contributed by atoms with Gasteiger partial charge in [-0.3, -0.25) is 4.79 Å². The Hall–Kier alpha value is -1.23. The zero-order chi connectivity index (χ0) is 8.43. The molecular formula is C6H5NO3S. The Morgan fingerprint density at radius 3 is 2.73 bits per heavy atom. The number of aromatic carboxylic acids is 1. The van der Waals surface area contributed by atoms with E-state index in [4.69, 9.17) is 5.11 Å². The minimum absolute atomic E-state index is 0.150. The first-order valence-electron chi connectivity index (χ1n) is 2.81. The Bertz CT molecular complexity index is 305. The quantitative estimate of drug-likeness (QED) is 0.673. The third-order valence-electron chi connectivity index (χ3n) is 1.07. The van der Waals surface area contributed by atoms with E-state index in [-0.39, 0.29) is 10.6 Å². The summed E-state index contributed by atoms with van der Waals surface area (Å²) in [4.78, 5) is 24.5. The molecule has 0 fully saturated rings. The molecule has 0 spiro atoms. The van der Waals surface area contributed by atoms with Gasteiger partial charge in [0.2, 0.25) is 0 Å². The molecule has 0 saturated carbocycles. The van der Waals surface area contributed by atoms with Gasteiger partial charge >= 0.3 is 5.97 Å². The summed E-state index contributed by atoms with van der Waals surface area (Å²) < 4.78 is 0. The van der Waals surface area contributed by atoms with Gasteiger partial charge in [-0.1, -0.05) is 0 Å². The molecule has 1 aromatic heterocycles. The molecule has 1 rings (SSSR count). The van der Waals surface area contributed by atoms with E-state index in [0.717, 1.165) is 11.3 Å². The van der Waals surface area contributed by atoms with Crippen LogP contribution in [0.15, 0.2) is 0 Å². The molecule has 0 aliphatic heterocycles. The standard InChI is InChI=1S/C6H5NO3S/c1-3-7-5(6(9)10)4(2-8)11-3/h2H,1H3,(H,9,10). The molecule has 58 valence electrons. The minimum atomic E-state index is -1.16. The molecule has 4 nitrogen and oxygen atoms in total.